The van der Waals surface area contributed by atoms with Gasteiger partial charge in [0.15, 0.2) is 0 Å². The molecule has 1 aromatic carbocycles. The molecule has 0 aliphatic heterocycles. The number of carboxylic acids is 1. The lowest BCUT2D eigenvalue weighted by atomic mass is 9.96. The van der Waals surface area contributed by atoms with Gasteiger partial charge in [-0.1, -0.05) is 18.9 Å². The van der Waals surface area contributed by atoms with Crippen LogP contribution in [-0.4, -0.2) is 37.0 Å². The van der Waals surface area contributed by atoms with E-state index in [0.717, 1.165) is 25.7 Å². The van der Waals surface area contributed by atoms with E-state index in [1.54, 1.807) is 11.8 Å². The van der Waals surface area contributed by atoms with Gasteiger partial charge in [-0.05, 0) is 37.3 Å². The number of hydrogen-bond acceptors (Lipinski definition) is 4. The maximum Gasteiger partial charge on any atom is 0.335 e. The average Bonchev–Trinajstić information content (AvgIpc) is 2.47. The zero-order valence-corrected chi connectivity index (χ0v) is 13.4. The number of hydrogen-bond donors (Lipinski definition) is 2. The van der Waals surface area contributed by atoms with Crippen LogP contribution in [0.3, 0.4) is 0 Å². The largest absolute Gasteiger partial charge is 0.478 e. The minimum atomic E-state index is -3.69. The Bertz CT molecular complexity index is 615. The Labute approximate surface area is 129 Å². The number of nitrogens with one attached hydrogen (secondary N) is 1. The van der Waals surface area contributed by atoms with Crippen molar-refractivity contribution in [2.24, 2.45) is 0 Å². The Morgan fingerprint density at radius 2 is 2.05 bits per heavy atom. The average molecular weight is 329 g/mol. The molecule has 0 spiro atoms. The molecule has 2 rings (SSSR count). The molecule has 1 saturated carbocycles. The zero-order chi connectivity index (χ0) is 15.5. The highest BCUT2D eigenvalue weighted by Crippen LogP contribution is 2.28. The lowest BCUT2D eigenvalue weighted by Crippen LogP contribution is -2.43. The van der Waals surface area contributed by atoms with E-state index in [0.29, 0.717) is 0 Å². The van der Waals surface area contributed by atoms with Crippen LogP contribution in [0.2, 0.25) is 0 Å². The molecule has 0 bridgehead atoms. The quantitative estimate of drug-likeness (QED) is 0.866. The van der Waals surface area contributed by atoms with Crippen LogP contribution in [0.5, 0.6) is 0 Å². The van der Waals surface area contributed by atoms with Gasteiger partial charge in [0.25, 0.3) is 0 Å². The molecule has 2 atom stereocenters. The summed E-state index contributed by atoms with van der Waals surface area (Å²) < 4.78 is 27.6. The second-order valence-corrected chi connectivity index (χ2v) is 7.91. The minimum absolute atomic E-state index is 0.00725. The summed E-state index contributed by atoms with van der Waals surface area (Å²) in [4.78, 5) is 11.0. The van der Waals surface area contributed by atoms with Gasteiger partial charge >= 0.3 is 5.97 Å². The third-order valence-electron chi connectivity index (χ3n) is 3.70. The first-order valence-corrected chi connectivity index (χ1v) is 9.59. The summed E-state index contributed by atoms with van der Waals surface area (Å²) in [7, 11) is -3.69. The van der Waals surface area contributed by atoms with E-state index in [9.17, 15) is 13.2 Å². The molecule has 1 aliphatic rings. The van der Waals surface area contributed by atoms with E-state index in [2.05, 4.69) is 4.72 Å². The fourth-order valence-electron chi connectivity index (χ4n) is 2.58. The summed E-state index contributed by atoms with van der Waals surface area (Å²) in [6.07, 6.45) is 5.95. The van der Waals surface area contributed by atoms with Crippen LogP contribution in [0, 0.1) is 0 Å². The highest BCUT2D eigenvalue weighted by Gasteiger charge is 2.29. The Balaban J connectivity index is 2.21. The first-order chi connectivity index (χ1) is 9.94. The molecular formula is C14H19NO4S2. The van der Waals surface area contributed by atoms with Crippen molar-refractivity contribution in [3.05, 3.63) is 29.8 Å². The molecular weight excluding hydrogens is 310 g/mol. The Morgan fingerprint density at radius 3 is 2.71 bits per heavy atom. The van der Waals surface area contributed by atoms with Gasteiger partial charge in [0.05, 0.1) is 10.5 Å². The summed E-state index contributed by atoms with van der Waals surface area (Å²) in [5.74, 6) is -1.13. The Morgan fingerprint density at radius 1 is 1.33 bits per heavy atom. The summed E-state index contributed by atoms with van der Waals surface area (Å²) in [5, 5.41) is 9.23. The number of carbonyl (C=O) groups is 1. The van der Waals surface area contributed by atoms with Crippen molar-refractivity contribution in [1.29, 1.82) is 0 Å². The van der Waals surface area contributed by atoms with Crippen LogP contribution in [0.15, 0.2) is 29.2 Å². The molecule has 0 aromatic heterocycles. The highest BCUT2D eigenvalue weighted by molar-refractivity contribution is 7.99. The second-order valence-electron chi connectivity index (χ2n) is 5.12. The molecule has 5 nitrogen and oxygen atoms in total. The van der Waals surface area contributed by atoms with Crippen LogP contribution < -0.4 is 4.72 Å². The van der Waals surface area contributed by atoms with Crippen LogP contribution in [0.25, 0.3) is 0 Å². The molecule has 0 radical (unpaired) electrons. The number of sulfonamides is 1. The third-order valence-corrected chi connectivity index (χ3v) is 6.36. The first-order valence-electron chi connectivity index (χ1n) is 6.82. The summed E-state index contributed by atoms with van der Waals surface area (Å²) in [6, 6.07) is 5.36. The summed E-state index contributed by atoms with van der Waals surface area (Å²) >= 11 is 1.68. The van der Waals surface area contributed by atoms with Gasteiger partial charge in [-0.2, -0.15) is 11.8 Å². The van der Waals surface area contributed by atoms with Crippen molar-refractivity contribution in [3.8, 4) is 0 Å². The van der Waals surface area contributed by atoms with Crippen LogP contribution >= 0.6 is 11.8 Å². The lowest BCUT2D eigenvalue weighted by molar-refractivity contribution is 0.0696. The van der Waals surface area contributed by atoms with Gasteiger partial charge in [0, 0.05) is 11.3 Å². The summed E-state index contributed by atoms with van der Waals surface area (Å²) in [5.41, 5.74) is -0.0251. The smallest absolute Gasteiger partial charge is 0.335 e. The predicted molar refractivity (Wildman–Crippen MR) is 83.3 cm³/mol. The fraction of sp³-hybridized carbons (Fsp3) is 0.500. The monoisotopic (exact) mass is 329 g/mol. The first kappa shape index (κ1) is 16.3. The van der Waals surface area contributed by atoms with Crippen LogP contribution in [0.4, 0.5) is 0 Å². The lowest BCUT2D eigenvalue weighted by Gasteiger charge is -2.30. The van der Waals surface area contributed by atoms with Gasteiger partial charge in [-0.15, -0.1) is 0 Å². The zero-order valence-electron chi connectivity index (χ0n) is 11.8. The third kappa shape index (κ3) is 3.99. The minimum Gasteiger partial charge on any atom is -0.478 e. The molecule has 0 amide bonds. The Kier molecular flexibility index (Phi) is 5.29. The van der Waals surface area contributed by atoms with Gasteiger partial charge < -0.3 is 5.11 Å². The molecule has 0 saturated heterocycles. The van der Waals surface area contributed by atoms with E-state index in [4.69, 9.17) is 5.11 Å². The maximum absolute atomic E-state index is 12.4. The van der Waals surface area contributed by atoms with Crippen molar-refractivity contribution < 1.29 is 18.3 Å². The van der Waals surface area contributed by atoms with E-state index < -0.39 is 16.0 Å². The summed E-state index contributed by atoms with van der Waals surface area (Å²) in [6.45, 7) is 0. The van der Waals surface area contributed by atoms with Crippen molar-refractivity contribution in [2.75, 3.05) is 6.26 Å². The fourth-order valence-corrected chi connectivity index (χ4v) is 4.96. The van der Waals surface area contributed by atoms with Crippen LogP contribution in [0.1, 0.15) is 36.0 Å². The molecule has 2 N–H and O–H groups in total. The molecule has 116 valence electrons. The van der Waals surface area contributed by atoms with Gasteiger partial charge in [0.1, 0.15) is 0 Å². The highest BCUT2D eigenvalue weighted by atomic mass is 32.2. The maximum atomic E-state index is 12.4. The van der Waals surface area contributed by atoms with Crippen molar-refractivity contribution in [2.45, 2.75) is 41.9 Å². The number of thioether (sulfide) groups is 1. The molecule has 7 heteroatoms. The van der Waals surface area contributed by atoms with Crippen molar-refractivity contribution in [3.63, 3.8) is 0 Å². The number of carboxylic acid groups (broad SMARTS) is 1. The predicted octanol–water partition coefficient (Wildman–Crippen LogP) is 2.34. The SMILES string of the molecule is CSC1CCCCC1NS(=O)(=O)c1cccc(C(=O)O)c1. The number of rotatable bonds is 5. The van der Waals surface area contributed by atoms with E-state index in [-0.39, 0.29) is 21.8 Å². The van der Waals surface area contributed by atoms with Gasteiger partial charge in [-0.25, -0.2) is 17.9 Å². The number of aromatic carboxylic acids is 1. The van der Waals surface area contributed by atoms with E-state index in [1.165, 1.54) is 24.3 Å². The molecule has 1 fully saturated rings. The molecule has 0 heterocycles. The standard InChI is InChI=1S/C14H19NO4S2/c1-20-13-8-3-2-7-12(13)15-21(18,19)11-6-4-5-10(9-11)14(16)17/h4-6,9,12-13,15H,2-3,7-8H2,1H3,(H,16,17). The van der Waals surface area contributed by atoms with Crippen molar-refractivity contribution >= 4 is 27.8 Å². The van der Waals surface area contributed by atoms with Gasteiger partial charge in [0.2, 0.25) is 10.0 Å². The van der Waals surface area contributed by atoms with Crippen molar-refractivity contribution in [1.82, 2.24) is 4.72 Å². The molecule has 2 unspecified atom stereocenters. The Hall–Kier alpha value is -1.05. The van der Waals surface area contributed by atoms with E-state index >= 15 is 0 Å². The molecule has 21 heavy (non-hydrogen) atoms. The topological polar surface area (TPSA) is 83.5 Å². The molecule has 1 aliphatic carbocycles. The van der Waals surface area contributed by atoms with Gasteiger partial charge in [-0.3, -0.25) is 0 Å². The van der Waals surface area contributed by atoms with Crippen LogP contribution in [-0.2, 0) is 10.0 Å². The normalized spacial score (nSPS) is 22.9. The molecule has 1 aromatic rings. The van der Waals surface area contributed by atoms with E-state index in [1.807, 2.05) is 6.26 Å². The number of benzene rings is 1. The second kappa shape index (κ2) is 6.81.